The Morgan fingerprint density at radius 3 is 1.94 bits per heavy atom. The van der Waals surface area contributed by atoms with Gasteiger partial charge >= 0.3 is 12.4 Å². The second-order valence-corrected chi connectivity index (χ2v) is 9.50. The van der Waals surface area contributed by atoms with Crippen LogP contribution in [0.25, 0.3) is 0 Å². The highest BCUT2D eigenvalue weighted by atomic mass is 35.5. The highest BCUT2D eigenvalue weighted by Crippen LogP contribution is 2.40. The Balaban J connectivity index is 1.80. The van der Waals surface area contributed by atoms with Crippen molar-refractivity contribution >= 4 is 21.6 Å². The second-order valence-electron chi connectivity index (χ2n) is 7.15. The summed E-state index contributed by atoms with van der Waals surface area (Å²) in [4.78, 5) is -0.350. The van der Waals surface area contributed by atoms with Crippen LogP contribution in [0, 0.1) is 0 Å². The van der Waals surface area contributed by atoms with Crippen LogP contribution in [0.15, 0.2) is 47.4 Å². The first-order valence-corrected chi connectivity index (χ1v) is 10.7. The standard InChI is InChI=1S/C19H16ClF6NO3S/c20-16-6-3-13(11-15(16)19(24,25)26)17(28)7-9-27(10-8-17)31(29,30)14-4-1-12(2-5-14)18(21,22)23/h1-6,11,28H,7-10H2. The van der Waals surface area contributed by atoms with Gasteiger partial charge < -0.3 is 5.11 Å². The number of piperidine rings is 1. The molecule has 0 saturated carbocycles. The molecular formula is C19H16ClF6NO3S. The Kier molecular flexibility index (Phi) is 6.11. The van der Waals surface area contributed by atoms with E-state index in [9.17, 15) is 39.9 Å². The van der Waals surface area contributed by atoms with Gasteiger partial charge in [0, 0.05) is 13.1 Å². The molecule has 0 unspecified atom stereocenters. The van der Waals surface area contributed by atoms with Gasteiger partial charge in [-0.05, 0) is 54.8 Å². The van der Waals surface area contributed by atoms with Crippen LogP contribution in [0.4, 0.5) is 26.3 Å². The number of nitrogens with zero attached hydrogens (tertiary/aromatic N) is 1. The fraction of sp³-hybridized carbons (Fsp3) is 0.368. The molecule has 1 N–H and O–H groups in total. The zero-order valence-corrected chi connectivity index (χ0v) is 17.2. The quantitative estimate of drug-likeness (QED) is 0.616. The number of hydrogen-bond donors (Lipinski definition) is 1. The Hall–Kier alpha value is -1.82. The third kappa shape index (κ3) is 4.84. The molecule has 4 nitrogen and oxygen atoms in total. The number of benzene rings is 2. The maximum absolute atomic E-state index is 13.1. The SMILES string of the molecule is O=S(=O)(c1ccc(C(F)(F)F)cc1)N1CCC(O)(c2ccc(Cl)c(C(F)(F)F)c2)CC1. The van der Waals surface area contributed by atoms with Crippen molar-refractivity contribution in [3.63, 3.8) is 0 Å². The van der Waals surface area contributed by atoms with E-state index in [4.69, 9.17) is 11.6 Å². The molecule has 2 aromatic carbocycles. The number of alkyl halides is 6. The third-order valence-corrected chi connectivity index (χ3v) is 7.42. The fourth-order valence-electron chi connectivity index (χ4n) is 3.38. The molecule has 0 radical (unpaired) electrons. The molecule has 0 aliphatic carbocycles. The Bertz CT molecular complexity index is 1060. The maximum Gasteiger partial charge on any atom is 0.417 e. The van der Waals surface area contributed by atoms with Crippen LogP contribution in [-0.2, 0) is 28.0 Å². The van der Waals surface area contributed by atoms with Crippen LogP contribution in [-0.4, -0.2) is 30.9 Å². The minimum Gasteiger partial charge on any atom is -0.385 e. The number of sulfonamides is 1. The fourth-order valence-corrected chi connectivity index (χ4v) is 5.05. The van der Waals surface area contributed by atoms with Gasteiger partial charge in [0.15, 0.2) is 0 Å². The molecule has 1 fully saturated rings. The van der Waals surface area contributed by atoms with Crippen LogP contribution in [0.3, 0.4) is 0 Å². The molecule has 1 heterocycles. The van der Waals surface area contributed by atoms with Crippen molar-refractivity contribution in [3.8, 4) is 0 Å². The van der Waals surface area contributed by atoms with E-state index < -0.39 is 44.1 Å². The van der Waals surface area contributed by atoms with Gasteiger partial charge in [-0.15, -0.1) is 0 Å². The molecule has 12 heteroatoms. The Labute approximate surface area is 179 Å². The van der Waals surface area contributed by atoms with Crippen LogP contribution in [0.1, 0.15) is 29.5 Å². The molecule has 1 saturated heterocycles. The van der Waals surface area contributed by atoms with E-state index in [1.165, 1.54) is 6.07 Å². The van der Waals surface area contributed by atoms with Gasteiger partial charge in [-0.1, -0.05) is 17.7 Å². The Morgan fingerprint density at radius 2 is 1.45 bits per heavy atom. The van der Waals surface area contributed by atoms with Gasteiger partial charge in [0.2, 0.25) is 10.0 Å². The normalized spacial score (nSPS) is 18.2. The topological polar surface area (TPSA) is 57.6 Å². The summed E-state index contributed by atoms with van der Waals surface area (Å²) in [5, 5.41) is 10.3. The van der Waals surface area contributed by atoms with E-state index in [1.807, 2.05) is 0 Å². The summed E-state index contributed by atoms with van der Waals surface area (Å²) >= 11 is 5.60. The first-order valence-electron chi connectivity index (χ1n) is 8.92. The lowest BCUT2D eigenvalue weighted by Gasteiger charge is -2.38. The summed E-state index contributed by atoms with van der Waals surface area (Å²) in [6.07, 6.45) is -9.74. The van der Waals surface area contributed by atoms with E-state index in [0.29, 0.717) is 12.1 Å². The summed E-state index contributed by atoms with van der Waals surface area (Å²) in [6, 6.07) is 5.99. The molecule has 0 bridgehead atoms. The minimum atomic E-state index is -4.73. The molecule has 0 atom stereocenters. The number of hydrogen-bond acceptors (Lipinski definition) is 3. The lowest BCUT2D eigenvalue weighted by molar-refractivity contribution is -0.138. The van der Waals surface area contributed by atoms with E-state index in [1.54, 1.807) is 0 Å². The summed E-state index contributed by atoms with van der Waals surface area (Å²) in [7, 11) is -4.14. The van der Waals surface area contributed by atoms with Crippen molar-refractivity contribution in [1.82, 2.24) is 4.31 Å². The minimum absolute atomic E-state index is 0.0456. The average Bonchev–Trinajstić information content (AvgIpc) is 2.67. The maximum atomic E-state index is 13.1. The molecule has 1 aliphatic heterocycles. The zero-order chi connectivity index (χ0) is 23.2. The molecule has 31 heavy (non-hydrogen) atoms. The highest BCUT2D eigenvalue weighted by Gasteiger charge is 2.41. The molecular weight excluding hydrogens is 472 g/mol. The molecule has 1 aliphatic rings. The monoisotopic (exact) mass is 487 g/mol. The van der Waals surface area contributed by atoms with Crippen molar-refractivity contribution in [3.05, 3.63) is 64.2 Å². The lowest BCUT2D eigenvalue weighted by Crippen LogP contribution is -2.45. The van der Waals surface area contributed by atoms with Gasteiger partial charge in [-0.25, -0.2) is 8.42 Å². The largest absolute Gasteiger partial charge is 0.417 e. The molecule has 3 rings (SSSR count). The van der Waals surface area contributed by atoms with Crippen LogP contribution >= 0.6 is 11.6 Å². The lowest BCUT2D eigenvalue weighted by atomic mass is 9.84. The molecule has 2 aromatic rings. The van der Waals surface area contributed by atoms with E-state index >= 15 is 0 Å². The van der Waals surface area contributed by atoms with Crippen LogP contribution in [0.5, 0.6) is 0 Å². The summed E-state index contributed by atoms with van der Waals surface area (Å²) in [6.45, 7) is -0.465. The van der Waals surface area contributed by atoms with Crippen LogP contribution < -0.4 is 0 Å². The van der Waals surface area contributed by atoms with Crippen molar-refractivity contribution in [2.24, 2.45) is 0 Å². The first-order chi connectivity index (χ1) is 14.1. The van der Waals surface area contributed by atoms with E-state index in [2.05, 4.69) is 0 Å². The molecule has 170 valence electrons. The third-order valence-electron chi connectivity index (χ3n) is 5.18. The van der Waals surface area contributed by atoms with Gasteiger partial charge in [0.05, 0.1) is 26.6 Å². The van der Waals surface area contributed by atoms with Gasteiger partial charge in [-0.2, -0.15) is 30.6 Å². The second kappa shape index (κ2) is 7.95. The summed E-state index contributed by atoms with van der Waals surface area (Å²) < 4.78 is 104. The summed E-state index contributed by atoms with van der Waals surface area (Å²) in [5.74, 6) is 0. The predicted octanol–water partition coefficient (Wildman–Crippen LogP) is 5.05. The zero-order valence-electron chi connectivity index (χ0n) is 15.6. The smallest absolute Gasteiger partial charge is 0.385 e. The number of halogens is 7. The molecule has 0 spiro atoms. The molecule has 0 amide bonds. The van der Waals surface area contributed by atoms with Gasteiger partial charge in [0.25, 0.3) is 0 Å². The van der Waals surface area contributed by atoms with Crippen molar-refractivity contribution in [2.45, 2.75) is 35.7 Å². The highest BCUT2D eigenvalue weighted by molar-refractivity contribution is 7.89. The van der Waals surface area contributed by atoms with Crippen molar-refractivity contribution in [1.29, 1.82) is 0 Å². The van der Waals surface area contributed by atoms with E-state index in [0.717, 1.165) is 28.6 Å². The summed E-state index contributed by atoms with van der Waals surface area (Å²) in [5.41, 5.74) is -3.87. The molecule has 0 aromatic heterocycles. The van der Waals surface area contributed by atoms with Crippen molar-refractivity contribution in [2.75, 3.05) is 13.1 Å². The average molecular weight is 488 g/mol. The Morgan fingerprint density at radius 1 is 0.903 bits per heavy atom. The van der Waals surface area contributed by atoms with E-state index in [-0.39, 0.29) is 36.4 Å². The van der Waals surface area contributed by atoms with Crippen molar-refractivity contribution < 1.29 is 39.9 Å². The van der Waals surface area contributed by atoms with Gasteiger partial charge in [-0.3, -0.25) is 0 Å². The number of aliphatic hydroxyl groups is 1. The van der Waals surface area contributed by atoms with Crippen LogP contribution in [0.2, 0.25) is 5.02 Å². The predicted molar refractivity (Wildman–Crippen MR) is 99.8 cm³/mol. The first kappa shape index (κ1) is 23.8. The number of rotatable bonds is 3. The van der Waals surface area contributed by atoms with Gasteiger partial charge in [0.1, 0.15) is 0 Å².